The molecule has 63 heavy (non-hydrogen) atoms. The summed E-state index contributed by atoms with van der Waals surface area (Å²) in [4.78, 5) is 11.9. The fourth-order valence-corrected chi connectivity index (χ4v) is 10.2. The van der Waals surface area contributed by atoms with E-state index in [-0.39, 0.29) is 23.7 Å². The van der Waals surface area contributed by atoms with Gasteiger partial charge in [-0.1, -0.05) is 156 Å². The third-order valence-corrected chi connectivity index (χ3v) is 13.7. The molecular formula is C56H39Cl4N3. The highest BCUT2D eigenvalue weighted by molar-refractivity contribution is 6.31. The summed E-state index contributed by atoms with van der Waals surface area (Å²) in [6.45, 7) is 0. The Balaban J connectivity index is 1.23. The van der Waals surface area contributed by atoms with E-state index in [1.54, 1.807) is 0 Å². The van der Waals surface area contributed by atoms with Gasteiger partial charge in [0.2, 0.25) is 0 Å². The number of hydrogen-bond acceptors (Lipinski definition) is 0. The molecule has 0 amide bonds. The molecule has 8 bridgehead atoms. The second kappa shape index (κ2) is 16.5. The quantitative estimate of drug-likeness (QED) is 0.154. The molecule has 4 heterocycles. The Morgan fingerprint density at radius 2 is 0.556 bits per heavy atom. The van der Waals surface area contributed by atoms with Crippen molar-refractivity contribution in [2.75, 3.05) is 0 Å². The average molecular weight is 896 g/mol. The van der Waals surface area contributed by atoms with Gasteiger partial charge < -0.3 is 15.0 Å². The van der Waals surface area contributed by atoms with E-state index in [1.807, 2.05) is 48.5 Å². The van der Waals surface area contributed by atoms with Crippen LogP contribution < -0.4 is 0 Å². The van der Waals surface area contributed by atoms with Crippen LogP contribution in [0.2, 0.25) is 20.1 Å². The first-order valence-corrected chi connectivity index (χ1v) is 22.6. The van der Waals surface area contributed by atoms with E-state index in [2.05, 4.69) is 161 Å². The highest BCUT2D eigenvalue weighted by Crippen LogP contribution is 2.49. The number of aromatic amines is 3. The predicted octanol–water partition coefficient (Wildman–Crippen LogP) is 16.1. The Morgan fingerprint density at radius 3 is 0.889 bits per heavy atom. The molecule has 11 rings (SSSR count). The number of nitrogens with one attached hydrogen (secondary N) is 3. The summed E-state index contributed by atoms with van der Waals surface area (Å²) in [6.07, 6.45) is 0. The molecule has 2 aliphatic carbocycles. The lowest BCUT2D eigenvalue weighted by molar-refractivity contribution is 0.830. The molecule has 8 aromatic rings. The summed E-state index contributed by atoms with van der Waals surface area (Å²) in [6, 6.07) is 68.5. The summed E-state index contributed by atoms with van der Waals surface area (Å²) in [5, 5.41) is 2.77. The summed E-state index contributed by atoms with van der Waals surface area (Å²) in [5.74, 6) is -0.651. The normalized spacial score (nSPS) is 17.2. The summed E-state index contributed by atoms with van der Waals surface area (Å²) < 4.78 is 0. The lowest BCUT2D eigenvalue weighted by Crippen LogP contribution is -2.09. The molecule has 0 radical (unpaired) electrons. The third kappa shape index (κ3) is 7.49. The fraction of sp³-hybridized carbons (Fsp3) is 0.0714. The van der Waals surface area contributed by atoms with E-state index in [1.165, 1.54) is 22.3 Å². The summed E-state index contributed by atoms with van der Waals surface area (Å²) >= 11 is 26.2. The summed E-state index contributed by atoms with van der Waals surface area (Å²) in [5.41, 5.74) is 17.9. The maximum Gasteiger partial charge on any atom is 0.0641 e. The van der Waals surface area contributed by atoms with Crippen molar-refractivity contribution in [1.29, 1.82) is 0 Å². The average Bonchev–Trinajstić information content (AvgIpc) is 4.12. The van der Waals surface area contributed by atoms with Crippen molar-refractivity contribution in [2.45, 2.75) is 23.7 Å². The zero-order valence-electron chi connectivity index (χ0n) is 33.8. The van der Waals surface area contributed by atoms with Crippen molar-refractivity contribution in [3.8, 4) is 22.3 Å². The van der Waals surface area contributed by atoms with Gasteiger partial charge >= 0.3 is 0 Å². The Bertz CT molecular complexity index is 2970. The number of halogens is 4. The predicted molar refractivity (Wildman–Crippen MR) is 260 cm³/mol. The van der Waals surface area contributed by atoms with E-state index in [0.29, 0.717) is 20.1 Å². The van der Waals surface area contributed by atoms with Gasteiger partial charge in [-0.05, 0) is 141 Å². The molecule has 5 aromatic carbocycles. The van der Waals surface area contributed by atoms with Gasteiger partial charge in [0, 0.05) is 66.1 Å². The zero-order valence-corrected chi connectivity index (χ0v) is 36.8. The molecule has 1 aliphatic heterocycles. The largest absolute Gasteiger partial charge is 0.361 e. The highest BCUT2D eigenvalue weighted by atomic mass is 35.5. The Hall–Kier alpha value is -6.20. The molecule has 7 heteroatoms. The number of aromatic nitrogens is 3. The second-order valence-corrected chi connectivity index (χ2v) is 18.2. The van der Waals surface area contributed by atoms with Gasteiger partial charge in [-0.3, -0.25) is 0 Å². The van der Waals surface area contributed by atoms with Crippen LogP contribution >= 0.6 is 46.4 Å². The first-order chi connectivity index (χ1) is 30.8. The van der Waals surface area contributed by atoms with Crippen LogP contribution in [-0.4, -0.2) is 15.0 Å². The minimum Gasteiger partial charge on any atom is -0.361 e. The number of benzene rings is 5. The van der Waals surface area contributed by atoms with E-state index in [4.69, 9.17) is 46.4 Å². The highest BCUT2D eigenvalue weighted by Gasteiger charge is 2.33. The minimum atomic E-state index is -0.174. The maximum atomic E-state index is 6.59. The van der Waals surface area contributed by atoms with E-state index in [9.17, 15) is 0 Å². The minimum absolute atomic E-state index is 0.152. The first kappa shape index (κ1) is 39.6. The van der Waals surface area contributed by atoms with E-state index in [0.717, 1.165) is 67.5 Å². The van der Waals surface area contributed by atoms with Gasteiger partial charge in [0.25, 0.3) is 0 Å². The molecule has 3 aliphatic rings. The van der Waals surface area contributed by atoms with Gasteiger partial charge in [0.15, 0.2) is 0 Å². The summed E-state index contributed by atoms with van der Waals surface area (Å²) in [7, 11) is 0. The van der Waals surface area contributed by atoms with E-state index >= 15 is 0 Å². The van der Waals surface area contributed by atoms with Crippen LogP contribution in [0.3, 0.4) is 0 Å². The molecule has 0 saturated carbocycles. The lowest BCUT2D eigenvalue weighted by Gasteiger charge is -2.21. The Labute approximate surface area is 386 Å². The van der Waals surface area contributed by atoms with Crippen molar-refractivity contribution in [3.63, 3.8) is 0 Å². The molecule has 4 atom stereocenters. The molecule has 3 aromatic heterocycles. The van der Waals surface area contributed by atoms with Crippen molar-refractivity contribution in [1.82, 2.24) is 15.0 Å². The van der Waals surface area contributed by atoms with Gasteiger partial charge in [-0.25, -0.2) is 0 Å². The molecule has 0 saturated heterocycles. The molecular weight excluding hydrogens is 856 g/mol. The van der Waals surface area contributed by atoms with Crippen LogP contribution in [0.25, 0.3) is 22.3 Å². The molecule has 306 valence electrons. The number of hydrogen-bond donors (Lipinski definition) is 3. The molecule has 3 N–H and O–H groups in total. The zero-order chi connectivity index (χ0) is 42.6. The lowest BCUT2D eigenvalue weighted by atomic mass is 9.87. The number of rotatable bonds is 5. The van der Waals surface area contributed by atoms with Crippen LogP contribution in [0.4, 0.5) is 0 Å². The van der Waals surface area contributed by atoms with Crippen molar-refractivity contribution < 1.29 is 0 Å². The Kier molecular flexibility index (Phi) is 10.4. The van der Waals surface area contributed by atoms with Crippen molar-refractivity contribution in [2.24, 2.45) is 0 Å². The maximum absolute atomic E-state index is 6.59. The second-order valence-electron chi connectivity index (χ2n) is 16.4. The molecule has 0 spiro atoms. The smallest absolute Gasteiger partial charge is 0.0641 e. The standard InChI is InChI=1S/C56H39Cl4N3/c57-39-16-6-35(7-17-39)53-45-32-46(44-25-15-34(14-24-43(44)45)33-4-2-1-3-5-33)54(36-8-18-40(58)19-9-36)48-27-29-50(62-48)56(38-12-22-42(60)23-13-38)52-31-30-51(63-52)55(49-28-26-47(53)61-49)37-10-20-41(59)21-11-37/h1-32,53-56,61-63H. The van der Waals surface area contributed by atoms with Crippen LogP contribution in [-0.2, 0) is 0 Å². The monoisotopic (exact) mass is 893 g/mol. The van der Waals surface area contributed by atoms with Crippen molar-refractivity contribution in [3.05, 3.63) is 282 Å². The van der Waals surface area contributed by atoms with Gasteiger partial charge in [-0.15, -0.1) is 0 Å². The molecule has 0 fully saturated rings. The van der Waals surface area contributed by atoms with Crippen molar-refractivity contribution >= 4 is 46.4 Å². The van der Waals surface area contributed by atoms with Crippen LogP contribution in [0.5, 0.6) is 0 Å². The van der Waals surface area contributed by atoms with E-state index < -0.39 is 0 Å². The first-order valence-electron chi connectivity index (χ1n) is 21.0. The Morgan fingerprint density at radius 1 is 0.270 bits per heavy atom. The van der Waals surface area contributed by atoms with Gasteiger partial charge in [0.1, 0.15) is 0 Å². The number of H-pyrrole nitrogens is 3. The molecule has 3 nitrogen and oxygen atoms in total. The molecule has 4 unspecified atom stereocenters. The van der Waals surface area contributed by atoms with Gasteiger partial charge in [-0.2, -0.15) is 0 Å². The topological polar surface area (TPSA) is 47.4 Å². The van der Waals surface area contributed by atoms with Crippen LogP contribution in [0, 0.1) is 0 Å². The van der Waals surface area contributed by atoms with Crippen LogP contribution in [0.15, 0.2) is 194 Å². The van der Waals surface area contributed by atoms with Crippen LogP contribution in [0.1, 0.15) is 91.2 Å². The van der Waals surface area contributed by atoms with Gasteiger partial charge in [0.05, 0.1) is 11.8 Å². The SMILES string of the molecule is Clc1ccc(C2c3ccc([nH]3)C(c3ccc(Cl)cc3)c3ccc([nH]3)C(c3ccc(Cl)cc3)c3cc(c4ccc(-c5ccccc5)ccc3-4)C(c3ccc(Cl)cc3)c3ccc2[nH]3)cc1. The number of fused-ring (bicyclic) bond motifs is 11. The fourth-order valence-electron chi connectivity index (χ4n) is 9.74. The third-order valence-electron chi connectivity index (χ3n) is 12.7.